The highest BCUT2D eigenvalue weighted by Gasteiger charge is 2.06. The van der Waals surface area contributed by atoms with E-state index in [4.69, 9.17) is 9.15 Å². The summed E-state index contributed by atoms with van der Waals surface area (Å²) < 4.78 is 11.2. The number of aromatic nitrogens is 1. The van der Waals surface area contributed by atoms with E-state index in [-0.39, 0.29) is 24.0 Å². The first-order chi connectivity index (χ1) is 11.1. The lowest BCUT2D eigenvalue weighted by atomic mass is 10.2. The Hall–Kier alpha value is -1.77. The molecule has 24 heavy (non-hydrogen) atoms. The van der Waals surface area contributed by atoms with E-state index in [9.17, 15) is 0 Å². The maximum Gasteiger partial charge on any atom is 0.214 e. The van der Waals surface area contributed by atoms with Crippen molar-refractivity contribution in [1.29, 1.82) is 0 Å². The Morgan fingerprint density at radius 3 is 2.46 bits per heavy atom. The minimum Gasteiger partial charge on any atom is -0.492 e. The molecule has 2 rings (SSSR count). The van der Waals surface area contributed by atoms with Gasteiger partial charge in [-0.15, -0.1) is 24.0 Å². The van der Waals surface area contributed by atoms with Gasteiger partial charge in [-0.3, -0.25) is 4.99 Å². The van der Waals surface area contributed by atoms with Crippen LogP contribution in [-0.2, 0) is 6.54 Å². The Labute approximate surface area is 160 Å². The van der Waals surface area contributed by atoms with Gasteiger partial charge in [0.25, 0.3) is 0 Å². The van der Waals surface area contributed by atoms with E-state index in [0.29, 0.717) is 31.5 Å². The van der Waals surface area contributed by atoms with Gasteiger partial charge >= 0.3 is 0 Å². The van der Waals surface area contributed by atoms with Crippen molar-refractivity contribution in [3.05, 3.63) is 47.2 Å². The van der Waals surface area contributed by atoms with Crippen molar-refractivity contribution in [3.8, 4) is 5.75 Å². The summed E-state index contributed by atoms with van der Waals surface area (Å²) in [7, 11) is 1.72. The Balaban J connectivity index is 0.00000288. The van der Waals surface area contributed by atoms with Crippen LogP contribution in [0.2, 0.25) is 0 Å². The monoisotopic (exact) mass is 444 g/mol. The topological polar surface area (TPSA) is 71.7 Å². The summed E-state index contributed by atoms with van der Waals surface area (Å²) in [5.41, 5.74) is 2.13. The molecule has 0 aliphatic carbocycles. The number of halogens is 1. The molecule has 1 aromatic heterocycles. The fraction of sp³-hybridized carbons (Fsp3) is 0.412. The maximum absolute atomic E-state index is 5.66. The molecule has 0 unspecified atom stereocenters. The molecule has 132 valence electrons. The summed E-state index contributed by atoms with van der Waals surface area (Å²) in [6.45, 7) is 7.59. The molecule has 0 aliphatic heterocycles. The summed E-state index contributed by atoms with van der Waals surface area (Å²) >= 11 is 0. The van der Waals surface area contributed by atoms with Gasteiger partial charge in [0, 0.05) is 7.05 Å². The highest BCUT2D eigenvalue weighted by molar-refractivity contribution is 14.0. The molecule has 0 saturated heterocycles. The molecule has 1 aromatic carbocycles. The first-order valence-corrected chi connectivity index (χ1v) is 7.65. The Kier molecular flexibility index (Phi) is 8.59. The Morgan fingerprint density at radius 1 is 1.17 bits per heavy atom. The average Bonchev–Trinajstić information content (AvgIpc) is 2.87. The van der Waals surface area contributed by atoms with Crippen molar-refractivity contribution in [1.82, 2.24) is 15.6 Å². The molecule has 0 atom stereocenters. The number of benzene rings is 1. The second-order valence-corrected chi connectivity index (χ2v) is 5.26. The predicted molar refractivity (Wildman–Crippen MR) is 106 cm³/mol. The highest BCUT2D eigenvalue weighted by Crippen LogP contribution is 2.10. The van der Waals surface area contributed by atoms with Crippen molar-refractivity contribution in [3.63, 3.8) is 0 Å². The smallest absolute Gasteiger partial charge is 0.214 e. The maximum atomic E-state index is 5.66. The predicted octanol–water partition coefficient (Wildman–Crippen LogP) is 2.96. The zero-order chi connectivity index (χ0) is 16.7. The number of nitrogens with zero attached hydrogens (tertiary/aromatic N) is 2. The van der Waals surface area contributed by atoms with E-state index in [2.05, 4.69) is 27.5 Å². The Morgan fingerprint density at radius 2 is 1.88 bits per heavy atom. The lowest BCUT2D eigenvalue weighted by Crippen LogP contribution is -2.38. The molecule has 2 N–H and O–H groups in total. The zero-order valence-electron chi connectivity index (χ0n) is 14.5. The lowest BCUT2D eigenvalue weighted by Gasteiger charge is -2.11. The minimum absolute atomic E-state index is 0. The molecule has 7 heteroatoms. The number of aryl methyl sites for hydroxylation is 3. The SMILES string of the molecule is CN=C(NCCOc1ccc(C)cc1)NCc1nc(C)c(C)o1.I. The molecule has 2 aromatic rings. The lowest BCUT2D eigenvalue weighted by molar-refractivity contribution is 0.321. The molecule has 0 radical (unpaired) electrons. The highest BCUT2D eigenvalue weighted by atomic mass is 127. The number of hydrogen-bond donors (Lipinski definition) is 2. The molecule has 0 saturated carbocycles. The molecule has 0 amide bonds. The normalized spacial score (nSPS) is 10.9. The summed E-state index contributed by atoms with van der Waals surface area (Å²) in [6.07, 6.45) is 0. The van der Waals surface area contributed by atoms with Crippen LogP contribution in [0, 0.1) is 20.8 Å². The van der Waals surface area contributed by atoms with Crippen LogP contribution in [0.3, 0.4) is 0 Å². The van der Waals surface area contributed by atoms with Crippen molar-refractivity contribution in [2.45, 2.75) is 27.3 Å². The van der Waals surface area contributed by atoms with Crippen LogP contribution in [0.25, 0.3) is 0 Å². The van der Waals surface area contributed by atoms with E-state index in [1.165, 1.54) is 5.56 Å². The van der Waals surface area contributed by atoms with Gasteiger partial charge in [-0.05, 0) is 32.9 Å². The second-order valence-electron chi connectivity index (χ2n) is 5.26. The summed E-state index contributed by atoms with van der Waals surface area (Å²) in [5, 5.41) is 6.35. The van der Waals surface area contributed by atoms with Gasteiger partial charge in [-0.1, -0.05) is 17.7 Å². The van der Waals surface area contributed by atoms with Crippen LogP contribution in [0.15, 0.2) is 33.7 Å². The van der Waals surface area contributed by atoms with Crippen molar-refractivity contribution < 1.29 is 9.15 Å². The molecular weight excluding hydrogens is 419 g/mol. The van der Waals surface area contributed by atoms with Crippen LogP contribution in [0.5, 0.6) is 5.75 Å². The zero-order valence-corrected chi connectivity index (χ0v) is 16.9. The molecular formula is C17H25IN4O2. The first-order valence-electron chi connectivity index (χ1n) is 7.65. The van der Waals surface area contributed by atoms with Crippen LogP contribution >= 0.6 is 24.0 Å². The summed E-state index contributed by atoms with van der Waals surface area (Å²) in [5.74, 6) is 3.05. The largest absolute Gasteiger partial charge is 0.492 e. The molecule has 6 nitrogen and oxygen atoms in total. The summed E-state index contributed by atoms with van der Waals surface area (Å²) in [4.78, 5) is 8.48. The quantitative estimate of drug-likeness (QED) is 0.310. The third kappa shape index (κ3) is 6.38. The summed E-state index contributed by atoms with van der Waals surface area (Å²) in [6, 6.07) is 8.00. The fourth-order valence-corrected chi connectivity index (χ4v) is 1.97. The van der Waals surface area contributed by atoms with Crippen LogP contribution in [0.4, 0.5) is 0 Å². The second kappa shape index (κ2) is 10.2. The van der Waals surface area contributed by atoms with Gasteiger partial charge in [0.2, 0.25) is 5.89 Å². The molecule has 1 heterocycles. The van der Waals surface area contributed by atoms with Crippen molar-refractivity contribution in [2.75, 3.05) is 20.2 Å². The molecule has 0 spiro atoms. The Bertz CT molecular complexity index is 634. The standard InChI is InChI=1S/C17H24N4O2.HI/c1-12-5-7-15(8-6-12)22-10-9-19-17(18-4)20-11-16-21-13(2)14(3)23-16;/h5-8H,9-11H2,1-4H3,(H2,18,19,20);1H. The number of nitrogens with one attached hydrogen (secondary N) is 2. The minimum atomic E-state index is 0. The number of hydrogen-bond acceptors (Lipinski definition) is 4. The number of aliphatic imine (C=N–C) groups is 1. The number of guanidine groups is 1. The van der Waals surface area contributed by atoms with Gasteiger partial charge in [-0.25, -0.2) is 4.98 Å². The van der Waals surface area contributed by atoms with Gasteiger partial charge in [0.05, 0.1) is 18.8 Å². The number of rotatable bonds is 6. The van der Waals surface area contributed by atoms with Gasteiger partial charge in [-0.2, -0.15) is 0 Å². The van der Waals surface area contributed by atoms with E-state index in [1.54, 1.807) is 7.05 Å². The molecule has 0 fully saturated rings. The van der Waals surface area contributed by atoms with Gasteiger partial charge in [0.15, 0.2) is 5.96 Å². The fourth-order valence-electron chi connectivity index (χ4n) is 1.97. The van der Waals surface area contributed by atoms with E-state index in [0.717, 1.165) is 17.2 Å². The van der Waals surface area contributed by atoms with E-state index >= 15 is 0 Å². The van der Waals surface area contributed by atoms with Gasteiger partial charge < -0.3 is 19.8 Å². The van der Waals surface area contributed by atoms with Crippen molar-refractivity contribution >= 4 is 29.9 Å². The number of oxazole rings is 1. The van der Waals surface area contributed by atoms with Crippen LogP contribution in [-0.4, -0.2) is 31.1 Å². The van der Waals surface area contributed by atoms with Crippen LogP contribution < -0.4 is 15.4 Å². The van der Waals surface area contributed by atoms with Gasteiger partial charge in [0.1, 0.15) is 18.1 Å². The molecule has 0 bridgehead atoms. The third-order valence-corrected chi connectivity index (χ3v) is 3.39. The first kappa shape index (κ1) is 20.3. The van der Waals surface area contributed by atoms with E-state index < -0.39 is 0 Å². The molecule has 0 aliphatic rings. The van der Waals surface area contributed by atoms with Crippen molar-refractivity contribution in [2.24, 2.45) is 4.99 Å². The van der Waals surface area contributed by atoms with Crippen LogP contribution in [0.1, 0.15) is 22.9 Å². The average molecular weight is 444 g/mol. The van der Waals surface area contributed by atoms with E-state index in [1.807, 2.05) is 38.1 Å². The number of ether oxygens (including phenoxy) is 1. The third-order valence-electron chi connectivity index (χ3n) is 3.39.